The van der Waals surface area contributed by atoms with E-state index in [0.717, 1.165) is 46.8 Å². The van der Waals surface area contributed by atoms with Crippen molar-refractivity contribution in [3.63, 3.8) is 0 Å². The number of benzene rings is 1. The molecular weight excluding hydrogens is 521 g/mol. The van der Waals surface area contributed by atoms with E-state index in [4.69, 9.17) is 8.85 Å². The highest BCUT2D eigenvalue weighted by Gasteiger charge is 2.42. The van der Waals surface area contributed by atoms with Gasteiger partial charge in [-0.1, -0.05) is 19.1 Å². The maximum atomic E-state index is 14.4. The molecule has 40 heavy (non-hydrogen) atoms. The van der Waals surface area contributed by atoms with Crippen LogP contribution in [0, 0.1) is 5.92 Å². The van der Waals surface area contributed by atoms with Crippen molar-refractivity contribution in [2.75, 3.05) is 26.3 Å². The van der Waals surface area contributed by atoms with Crippen LogP contribution in [0.3, 0.4) is 0 Å². The van der Waals surface area contributed by atoms with Gasteiger partial charge in [0.15, 0.2) is 0 Å². The maximum Gasteiger partial charge on any atom is 0.418 e. The van der Waals surface area contributed by atoms with Crippen LogP contribution >= 0.6 is 0 Å². The van der Waals surface area contributed by atoms with Crippen molar-refractivity contribution in [1.29, 1.82) is 0 Å². The Hall–Kier alpha value is -3.44. The molecule has 4 aromatic rings. The van der Waals surface area contributed by atoms with E-state index in [1.54, 1.807) is 18.2 Å². The number of pyridine rings is 1. The predicted molar refractivity (Wildman–Crippen MR) is 144 cm³/mol. The van der Waals surface area contributed by atoms with Gasteiger partial charge < -0.3 is 9.30 Å². The van der Waals surface area contributed by atoms with Crippen molar-refractivity contribution in [3.8, 4) is 5.69 Å². The lowest BCUT2D eigenvalue weighted by Crippen LogP contribution is -2.49. The van der Waals surface area contributed by atoms with Crippen LogP contribution in [-0.2, 0) is 29.7 Å². The molecule has 5 heterocycles. The van der Waals surface area contributed by atoms with Crippen molar-refractivity contribution >= 4 is 5.52 Å². The summed E-state index contributed by atoms with van der Waals surface area (Å²) in [6, 6.07) is 7.84. The molecule has 2 aliphatic heterocycles. The summed E-state index contributed by atoms with van der Waals surface area (Å²) in [5.41, 5.74) is -0.753. The molecule has 11 heteroatoms. The monoisotopic (exact) mass is 557 g/mol. The number of fused-ring (bicyclic) bond motifs is 1. The third-order valence-corrected chi connectivity index (χ3v) is 8.42. The summed E-state index contributed by atoms with van der Waals surface area (Å²) in [5, 5.41) is 7.80. The second-order valence-corrected chi connectivity index (χ2v) is 11.3. The number of piperidine rings is 1. The van der Waals surface area contributed by atoms with E-state index in [1.165, 1.54) is 23.0 Å². The number of halogens is 3. The molecule has 0 radical (unpaired) electrons. The molecule has 1 aromatic carbocycles. The lowest BCUT2D eigenvalue weighted by molar-refractivity contribution is -0.136. The van der Waals surface area contributed by atoms with Crippen molar-refractivity contribution in [1.82, 2.24) is 28.6 Å². The lowest BCUT2D eigenvalue weighted by atomic mass is 9.75. The van der Waals surface area contributed by atoms with Gasteiger partial charge in [-0.3, -0.25) is 13.9 Å². The van der Waals surface area contributed by atoms with Gasteiger partial charge >= 0.3 is 11.9 Å². The van der Waals surface area contributed by atoms with E-state index in [1.807, 2.05) is 13.0 Å². The van der Waals surface area contributed by atoms with E-state index in [-0.39, 0.29) is 37.0 Å². The smallest absolute Gasteiger partial charge is 0.379 e. The number of imidazole rings is 1. The Morgan fingerprint density at radius 2 is 2.08 bits per heavy atom. The largest absolute Gasteiger partial charge is 0.418 e. The van der Waals surface area contributed by atoms with Crippen LogP contribution in [0.2, 0.25) is 0 Å². The van der Waals surface area contributed by atoms with Crippen LogP contribution in [0.5, 0.6) is 0 Å². The SMILES string of the molecule is [2H]C([2H])([2H])n1cnnc1CC1(c2cccc(-n3cc4c(C(F)(F)F)cc([C@H](C)N5CCC[C@H](C)C5)cn4c3=O)c2)COC1. The van der Waals surface area contributed by atoms with Gasteiger partial charge in [0.25, 0.3) is 0 Å². The first kappa shape index (κ1) is 23.3. The van der Waals surface area contributed by atoms with Crippen LogP contribution in [0.25, 0.3) is 11.2 Å². The first-order chi connectivity index (χ1) is 20.3. The molecule has 0 N–H and O–H groups in total. The summed E-state index contributed by atoms with van der Waals surface area (Å²) in [4.78, 5) is 15.9. The number of nitrogens with zero attached hydrogens (tertiary/aromatic N) is 6. The molecule has 2 atom stereocenters. The van der Waals surface area contributed by atoms with E-state index >= 15 is 0 Å². The number of hydrogen-bond acceptors (Lipinski definition) is 5. The van der Waals surface area contributed by atoms with E-state index in [2.05, 4.69) is 22.0 Å². The molecule has 0 bridgehead atoms. The van der Waals surface area contributed by atoms with Gasteiger partial charge in [0.2, 0.25) is 0 Å². The summed E-state index contributed by atoms with van der Waals surface area (Å²) in [6.45, 7) is 3.72. The quantitative estimate of drug-likeness (QED) is 0.348. The molecule has 8 nitrogen and oxygen atoms in total. The number of aromatic nitrogens is 5. The third-order valence-electron chi connectivity index (χ3n) is 8.42. The molecule has 2 fully saturated rings. The van der Waals surface area contributed by atoms with Gasteiger partial charge in [-0.2, -0.15) is 13.2 Å². The normalized spacial score (nSPS) is 21.9. The van der Waals surface area contributed by atoms with E-state index in [0.29, 0.717) is 17.2 Å². The highest BCUT2D eigenvalue weighted by atomic mass is 19.4. The Morgan fingerprint density at radius 3 is 2.77 bits per heavy atom. The van der Waals surface area contributed by atoms with Gasteiger partial charge in [0, 0.05) is 47.9 Å². The highest BCUT2D eigenvalue weighted by molar-refractivity contribution is 5.58. The van der Waals surface area contributed by atoms with Crippen LogP contribution in [-0.4, -0.2) is 54.9 Å². The fourth-order valence-corrected chi connectivity index (χ4v) is 6.03. The molecule has 2 aliphatic rings. The molecule has 0 aliphatic carbocycles. The Balaban J connectivity index is 1.40. The molecule has 0 spiro atoms. The Morgan fingerprint density at radius 1 is 1.25 bits per heavy atom. The summed E-state index contributed by atoms with van der Waals surface area (Å²) < 4.78 is 75.3. The van der Waals surface area contributed by atoms with Crippen LogP contribution < -0.4 is 5.69 Å². The summed E-state index contributed by atoms with van der Waals surface area (Å²) in [6.07, 6.45) is 1.55. The Labute approximate surface area is 234 Å². The molecule has 0 unspecified atom stereocenters. The zero-order valence-electron chi connectivity index (χ0n) is 25.4. The first-order valence-corrected chi connectivity index (χ1v) is 13.4. The number of aryl methyl sites for hydroxylation is 1. The minimum Gasteiger partial charge on any atom is -0.379 e. The summed E-state index contributed by atoms with van der Waals surface area (Å²) in [5.74, 6) is 0.715. The van der Waals surface area contributed by atoms with Crippen molar-refractivity contribution in [3.05, 3.63) is 82.1 Å². The van der Waals surface area contributed by atoms with Crippen molar-refractivity contribution in [2.45, 2.75) is 50.7 Å². The second-order valence-electron chi connectivity index (χ2n) is 11.3. The molecule has 6 rings (SSSR count). The van der Waals surface area contributed by atoms with E-state index < -0.39 is 29.8 Å². The summed E-state index contributed by atoms with van der Waals surface area (Å²) >= 11 is 0. The number of likely N-dealkylation sites (tertiary alicyclic amines) is 1. The average molecular weight is 558 g/mol. The van der Waals surface area contributed by atoms with Crippen LogP contribution in [0.4, 0.5) is 13.2 Å². The third kappa shape index (κ3) is 4.64. The fraction of sp³-hybridized carbons (Fsp3) is 0.483. The van der Waals surface area contributed by atoms with Gasteiger partial charge in [-0.15, -0.1) is 10.2 Å². The molecule has 2 saturated heterocycles. The van der Waals surface area contributed by atoms with Crippen molar-refractivity contribution in [2.24, 2.45) is 12.9 Å². The Kier molecular flexibility index (Phi) is 5.75. The number of ether oxygens (including phenoxy) is 1. The molecule has 3 aromatic heterocycles. The van der Waals surface area contributed by atoms with Gasteiger partial charge in [0.1, 0.15) is 12.2 Å². The maximum absolute atomic E-state index is 14.4. The van der Waals surface area contributed by atoms with Gasteiger partial charge in [-0.05, 0) is 61.6 Å². The van der Waals surface area contributed by atoms with Crippen LogP contribution in [0.15, 0.2) is 53.8 Å². The van der Waals surface area contributed by atoms with Crippen molar-refractivity contribution < 1.29 is 22.0 Å². The molecule has 0 saturated carbocycles. The zero-order valence-corrected chi connectivity index (χ0v) is 22.4. The minimum absolute atomic E-state index is 0.218. The Bertz CT molecular complexity index is 1710. The zero-order chi connectivity index (χ0) is 30.7. The fourth-order valence-electron chi connectivity index (χ4n) is 6.03. The first-order valence-electron chi connectivity index (χ1n) is 14.9. The minimum atomic E-state index is -4.66. The number of hydrogen-bond donors (Lipinski definition) is 0. The van der Waals surface area contributed by atoms with Gasteiger partial charge in [0.05, 0.1) is 30.0 Å². The number of rotatable bonds is 6. The highest BCUT2D eigenvalue weighted by Crippen LogP contribution is 2.38. The topological polar surface area (TPSA) is 69.6 Å². The molecule has 0 amide bonds. The average Bonchev–Trinajstić information content (AvgIpc) is 3.54. The van der Waals surface area contributed by atoms with E-state index in [9.17, 15) is 18.0 Å². The standard InChI is InChI=1S/C29H33F3N6O2/c1-19-6-5-9-36(13-19)20(2)21-10-24(29(30,31)32)25-15-37(27(39)38(25)14-21)23-8-4-7-22(11-23)28(16-40-17-28)12-26-34-33-18-35(26)3/h4,7-8,10-11,14-15,18-20H,5-6,9,12-13,16-17H2,1-3H3/t19-,20-/m0/s1/i3D3. The molecular formula is C29H33F3N6O2. The summed E-state index contributed by atoms with van der Waals surface area (Å²) in [7, 11) is 0. The van der Waals surface area contributed by atoms with Crippen LogP contribution in [0.1, 0.15) is 59.4 Å². The lowest BCUT2D eigenvalue weighted by Gasteiger charge is -2.41. The number of alkyl halides is 3. The second kappa shape index (κ2) is 9.88. The van der Waals surface area contributed by atoms with Gasteiger partial charge in [-0.25, -0.2) is 4.79 Å². The molecule has 212 valence electrons. The predicted octanol–water partition coefficient (Wildman–Crippen LogP) is 4.54.